The average molecular weight is 322 g/mol. The van der Waals surface area contributed by atoms with Gasteiger partial charge in [0, 0.05) is 6.54 Å². The number of nitrogens with one attached hydrogen (secondary N) is 1. The SMILES string of the molecule is CCn1nc(C(C)C)cc1C(=O)Nc1cccc(Cl)c1OC. The van der Waals surface area contributed by atoms with Crippen molar-refractivity contribution in [1.82, 2.24) is 9.78 Å². The highest BCUT2D eigenvalue weighted by molar-refractivity contribution is 6.32. The van der Waals surface area contributed by atoms with Gasteiger partial charge < -0.3 is 10.1 Å². The molecule has 0 aliphatic heterocycles. The quantitative estimate of drug-likeness (QED) is 0.907. The molecule has 0 radical (unpaired) electrons. The zero-order chi connectivity index (χ0) is 16.3. The Morgan fingerprint density at radius 1 is 1.45 bits per heavy atom. The van der Waals surface area contributed by atoms with Crippen molar-refractivity contribution >= 4 is 23.2 Å². The molecule has 2 aromatic rings. The molecule has 0 unspecified atom stereocenters. The molecule has 22 heavy (non-hydrogen) atoms. The Balaban J connectivity index is 2.32. The van der Waals surface area contributed by atoms with E-state index in [2.05, 4.69) is 10.4 Å². The summed E-state index contributed by atoms with van der Waals surface area (Å²) < 4.78 is 6.94. The lowest BCUT2D eigenvalue weighted by molar-refractivity contribution is 0.101. The second kappa shape index (κ2) is 6.83. The number of ether oxygens (including phenoxy) is 1. The number of para-hydroxylation sites is 1. The van der Waals surface area contributed by atoms with Crippen molar-refractivity contribution in [2.75, 3.05) is 12.4 Å². The highest BCUT2D eigenvalue weighted by Gasteiger charge is 2.18. The number of aryl methyl sites for hydroxylation is 1. The number of methoxy groups -OCH3 is 1. The number of carbonyl (C=O) groups excluding carboxylic acids is 1. The predicted octanol–water partition coefficient (Wildman–Crippen LogP) is 3.94. The highest BCUT2D eigenvalue weighted by atomic mass is 35.5. The van der Waals surface area contributed by atoms with Crippen LogP contribution in [0.2, 0.25) is 5.02 Å². The average Bonchev–Trinajstić information content (AvgIpc) is 2.92. The lowest BCUT2D eigenvalue weighted by Crippen LogP contribution is -2.17. The molecular weight excluding hydrogens is 302 g/mol. The Morgan fingerprint density at radius 2 is 2.18 bits per heavy atom. The van der Waals surface area contributed by atoms with Gasteiger partial charge in [-0.1, -0.05) is 31.5 Å². The van der Waals surface area contributed by atoms with Crippen molar-refractivity contribution in [3.05, 3.63) is 40.7 Å². The topological polar surface area (TPSA) is 56.2 Å². The summed E-state index contributed by atoms with van der Waals surface area (Å²) in [6.45, 7) is 6.67. The van der Waals surface area contributed by atoms with Gasteiger partial charge in [-0.2, -0.15) is 5.10 Å². The molecule has 6 heteroatoms. The summed E-state index contributed by atoms with van der Waals surface area (Å²) in [4.78, 5) is 12.5. The largest absolute Gasteiger partial charge is 0.493 e. The second-order valence-electron chi connectivity index (χ2n) is 5.20. The van der Waals surface area contributed by atoms with E-state index < -0.39 is 0 Å². The van der Waals surface area contributed by atoms with Crippen molar-refractivity contribution in [3.8, 4) is 5.75 Å². The van der Waals surface area contributed by atoms with E-state index in [0.29, 0.717) is 28.7 Å². The maximum Gasteiger partial charge on any atom is 0.274 e. The maximum atomic E-state index is 12.5. The van der Waals surface area contributed by atoms with E-state index in [-0.39, 0.29) is 11.8 Å². The van der Waals surface area contributed by atoms with Crippen LogP contribution in [-0.4, -0.2) is 22.8 Å². The number of halogens is 1. The smallest absolute Gasteiger partial charge is 0.274 e. The first kappa shape index (κ1) is 16.4. The van der Waals surface area contributed by atoms with Gasteiger partial charge in [0.1, 0.15) is 5.69 Å². The van der Waals surface area contributed by atoms with Crippen LogP contribution in [0.4, 0.5) is 5.69 Å². The molecule has 1 aromatic carbocycles. The fourth-order valence-corrected chi connectivity index (χ4v) is 2.40. The molecule has 118 valence electrons. The Kier molecular flexibility index (Phi) is 5.08. The zero-order valence-corrected chi connectivity index (χ0v) is 13.9. The molecular formula is C16H20ClN3O2. The lowest BCUT2D eigenvalue weighted by atomic mass is 10.1. The Hall–Kier alpha value is -2.01. The van der Waals surface area contributed by atoms with Gasteiger partial charge in [-0.25, -0.2) is 0 Å². The van der Waals surface area contributed by atoms with Gasteiger partial charge in [-0.3, -0.25) is 9.48 Å². The summed E-state index contributed by atoms with van der Waals surface area (Å²) in [6.07, 6.45) is 0. The number of amides is 1. The molecule has 2 rings (SSSR count). The van der Waals surface area contributed by atoms with Crippen LogP contribution in [0, 0.1) is 0 Å². The number of rotatable bonds is 5. The van der Waals surface area contributed by atoms with Gasteiger partial charge in [0.15, 0.2) is 5.75 Å². The van der Waals surface area contributed by atoms with Crippen LogP contribution >= 0.6 is 11.6 Å². The normalized spacial score (nSPS) is 10.8. The van der Waals surface area contributed by atoms with Gasteiger partial charge in [0.2, 0.25) is 0 Å². The molecule has 5 nitrogen and oxygen atoms in total. The molecule has 1 N–H and O–H groups in total. The van der Waals surface area contributed by atoms with Gasteiger partial charge in [-0.05, 0) is 31.0 Å². The second-order valence-corrected chi connectivity index (χ2v) is 5.61. The van der Waals surface area contributed by atoms with Crippen molar-refractivity contribution in [1.29, 1.82) is 0 Å². The number of anilines is 1. The highest BCUT2D eigenvalue weighted by Crippen LogP contribution is 2.32. The molecule has 1 heterocycles. The third kappa shape index (κ3) is 3.25. The van der Waals surface area contributed by atoms with Crippen LogP contribution in [0.5, 0.6) is 5.75 Å². The third-order valence-electron chi connectivity index (χ3n) is 3.34. The first-order chi connectivity index (χ1) is 10.5. The first-order valence-corrected chi connectivity index (χ1v) is 7.57. The summed E-state index contributed by atoms with van der Waals surface area (Å²) in [6, 6.07) is 7.04. The van der Waals surface area contributed by atoms with E-state index >= 15 is 0 Å². The summed E-state index contributed by atoms with van der Waals surface area (Å²) in [5.41, 5.74) is 1.95. The van der Waals surface area contributed by atoms with Crippen molar-refractivity contribution < 1.29 is 9.53 Å². The minimum atomic E-state index is -0.234. The van der Waals surface area contributed by atoms with Crippen LogP contribution in [0.3, 0.4) is 0 Å². The molecule has 0 spiro atoms. The van der Waals surface area contributed by atoms with Gasteiger partial charge in [0.25, 0.3) is 5.91 Å². The molecule has 0 atom stereocenters. The number of hydrogen-bond donors (Lipinski definition) is 1. The van der Waals surface area contributed by atoms with E-state index in [0.717, 1.165) is 5.69 Å². The number of aromatic nitrogens is 2. The fraction of sp³-hybridized carbons (Fsp3) is 0.375. The molecule has 0 saturated carbocycles. The molecule has 0 saturated heterocycles. The number of hydrogen-bond acceptors (Lipinski definition) is 3. The van der Waals surface area contributed by atoms with Crippen LogP contribution in [0.25, 0.3) is 0 Å². The Morgan fingerprint density at radius 3 is 2.77 bits per heavy atom. The van der Waals surface area contributed by atoms with E-state index in [1.54, 1.807) is 22.9 Å². The monoisotopic (exact) mass is 321 g/mol. The minimum absolute atomic E-state index is 0.234. The van der Waals surface area contributed by atoms with Crippen molar-refractivity contribution in [2.45, 2.75) is 33.2 Å². The van der Waals surface area contributed by atoms with E-state index in [4.69, 9.17) is 16.3 Å². The van der Waals surface area contributed by atoms with Gasteiger partial charge in [0.05, 0.1) is 23.5 Å². The molecule has 0 aliphatic rings. The minimum Gasteiger partial charge on any atom is -0.493 e. The summed E-state index contributed by atoms with van der Waals surface area (Å²) in [5.74, 6) is 0.478. The van der Waals surface area contributed by atoms with E-state index in [9.17, 15) is 4.79 Å². The van der Waals surface area contributed by atoms with Crippen LogP contribution in [-0.2, 0) is 6.54 Å². The summed E-state index contributed by atoms with van der Waals surface area (Å²) >= 11 is 6.07. The molecule has 1 amide bonds. The molecule has 1 aromatic heterocycles. The zero-order valence-electron chi connectivity index (χ0n) is 13.2. The van der Waals surface area contributed by atoms with E-state index in [1.165, 1.54) is 7.11 Å². The standard InChI is InChI=1S/C16H20ClN3O2/c1-5-20-14(9-13(19-20)10(2)3)16(21)18-12-8-6-7-11(17)15(12)22-4/h6-10H,5H2,1-4H3,(H,18,21). The maximum absolute atomic E-state index is 12.5. The first-order valence-electron chi connectivity index (χ1n) is 7.19. The van der Waals surface area contributed by atoms with Crippen molar-refractivity contribution in [3.63, 3.8) is 0 Å². The van der Waals surface area contributed by atoms with Crippen LogP contribution < -0.4 is 10.1 Å². The van der Waals surface area contributed by atoms with Crippen molar-refractivity contribution in [2.24, 2.45) is 0 Å². The molecule has 0 fully saturated rings. The van der Waals surface area contributed by atoms with Crippen LogP contribution in [0.1, 0.15) is 42.9 Å². The third-order valence-corrected chi connectivity index (χ3v) is 3.64. The Bertz CT molecular complexity index is 680. The van der Waals surface area contributed by atoms with Gasteiger partial charge >= 0.3 is 0 Å². The summed E-state index contributed by atoms with van der Waals surface area (Å²) in [7, 11) is 1.52. The van der Waals surface area contributed by atoms with Gasteiger partial charge in [-0.15, -0.1) is 0 Å². The van der Waals surface area contributed by atoms with Crippen LogP contribution in [0.15, 0.2) is 24.3 Å². The number of benzene rings is 1. The number of nitrogens with zero attached hydrogens (tertiary/aromatic N) is 2. The predicted molar refractivity (Wildman–Crippen MR) is 87.9 cm³/mol. The fourth-order valence-electron chi connectivity index (χ4n) is 2.14. The van der Waals surface area contributed by atoms with E-state index in [1.807, 2.05) is 26.8 Å². The summed E-state index contributed by atoms with van der Waals surface area (Å²) in [5, 5.41) is 7.74. The Labute approximate surface area is 135 Å². The molecule has 0 bridgehead atoms. The number of carbonyl (C=O) groups is 1. The molecule has 0 aliphatic carbocycles. The lowest BCUT2D eigenvalue weighted by Gasteiger charge is -2.11.